The Labute approximate surface area is 368 Å². The molecule has 14 nitrogen and oxygen atoms in total. The van der Waals surface area contributed by atoms with Gasteiger partial charge >= 0.3 is 11.9 Å². The molecule has 0 radical (unpaired) electrons. The van der Waals surface area contributed by atoms with Gasteiger partial charge in [-0.3, -0.25) is 0 Å². The van der Waals surface area contributed by atoms with Gasteiger partial charge in [0.25, 0.3) is 0 Å². The van der Waals surface area contributed by atoms with E-state index < -0.39 is 32.0 Å². The van der Waals surface area contributed by atoms with Gasteiger partial charge in [-0.25, -0.2) is 35.9 Å². The van der Waals surface area contributed by atoms with Crippen LogP contribution in [0.2, 0.25) is 0 Å². The first kappa shape index (κ1) is 50.1. The maximum atomic E-state index is 12.9. The van der Waals surface area contributed by atoms with Gasteiger partial charge < -0.3 is 29.8 Å². The monoisotopic (exact) mass is 894 g/mol. The Hall–Kier alpha value is -4.58. The molecule has 0 aliphatic carbocycles. The van der Waals surface area contributed by atoms with Crippen molar-refractivity contribution in [1.82, 2.24) is 19.2 Å². The fourth-order valence-electron chi connectivity index (χ4n) is 8.03. The molecule has 2 fully saturated rings. The molecule has 6 rings (SSSR count). The number of aliphatic carboxylic acids is 2. The number of hydrogen-bond donors (Lipinski definition) is 4. The van der Waals surface area contributed by atoms with Crippen LogP contribution >= 0.6 is 0 Å². The molecule has 2 saturated heterocycles. The largest absolute Gasteiger partial charge is 0.478 e. The third kappa shape index (κ3) is 14.5. The van der Waals surface area contributed by atoms with Crippen LogP contribution in [0.1, 0.15) is 65.2 Å². The normalized spacial score (nSPS) is 17.5. The SMILES string of the molecule is CC1CCCCN1CCCNS(=O)(=O)c1cccc2c(N(C)C)cccc12.CC1CCCCN1CCCNS(=O)(=O)c1cccc2c(N(C)C)cccc12.O=C(O)C=CC(=O)O. The molecule has 340 valence electrons. The van der Waals surface area contributed by atoms with Crippen LogP contribution < -0.4 is 19.2 Å². The van der Waals surface area contributed by atoms with E-state index in [-0.39, 0.29) is 0 Å². The zero-order chi connectivity index (χ0) is 45.5. The molecule has 0 spiro atoms. The summed E-state index contributed by atoms with van der Waals surface area (Å²) in [6, 6.07) is 23.8. The molecule has 4 N–H and O–H groups in total. The van der Waals surface area contributed by atoms with Crippen molar-refractivity contribution in [3.8, 4) is 0 Å². The van der Waals surface area contributed by atoms with E-state index in [0.29, 0.717) is 47.1 Å². The average Bonchev–Trinajstić information content (AvgIpc) is 3.23. The van der Waals surface area contributed by atoms with Crippen molar-refractivity contribution in [3.05, 3.63) is 84.9 Å². The van der Waals surface area contributed by atoms with Gasteiger partial charge in [0.15, 0.2) is 0 Å². The van der Waals surface area contributed by atoms with Crippen molar-refractivity contribution >= 4 is 64.9 Å². The van der Waals surface area contributed by atoms with Gasteiger partial charge in [-0.15, -0.1) is 0 Å². The van der Waals surface area contributed by atoms with Crippen LogP contribution in [0.3, 0.4) is 0 Å². The average molecular weight is 895 g/mol. The quantitative estimate of drug-likeness (QED) is 0.0700. The molecule has 2 unspecified atom stereocenters. The number of benzene rings is 4. The predicted molar refractivity (Wildman–Crippen MR) is 250 cm³/mol. The minimum absolute atomic E-state index is 0.357. The van der Waals surface area contributed by atoms with Crippen LogP contribution in [-0.4, -0.2) is 128 Å². The number of anilines is 2. The standard InChI is InChI=1S/2C21H31N3O2S.C4H4O4/c2*1-17-9-4-5-15-24(17)16-8-14-22-27(25,26)21-13-7-10-18-19(21)11-6-12-20(18)23(2)3;5-3(6)1-2-4(7)8/h2*6-7,10-13,17,22H,4-5,8-9,14-16H2,1-3H3;1-2H,(H,5,6)(H,7,8). The van der Waals surface area contributed by atoms with E-state index in [1.807, 2.05) is 98.7 Å². The fourth-order valence-corrected chi connectivity index (χ4v) is 10.6. The van der Waals surface area contributed by atoms with Gasteiger partial charge in [-0.1, -0.05) is 61.4 Å². The summed E-state index contributed by atoms with van der Waals surface area (Å²) in [5.41, 5.74) is 2.03. The number of carboxylic acids is 2. The molecular weight excluding hydrogens is 829 g/mol. The lowest BCUT2D eigenvalue weighted by molar-refractivity contribution is -0.134. The van der Waals surface area contributed by atoms with Gasteiger partial charge in [0.1, 0.15) is 0 Å². The number of nitrogens with zero attached hydrogens (tertiary/aromatic N) is 4. The Bertz CT molecular complexity index is 2190. The number of rotatable bonds is 16. The van der Waals surface area contributed by atoms with Gasteiger partial charge in [0, 0.05) is 98.4 Å². The van der Waals surface area contributed by atoms with Crippen molar-refractivity contribution in [2.45, 2.75) is 87.1 Å². The Morgan fingerprint density at radius 2 is 0.952 bits per heavy atom. The lowest BCUT2D eigenvalue weighted by Gasteiger charge is -2.33. The van der Waals surface area contributed by atoms with E-state index in [1.54, 1.807) is 12.1 Å². The molecule has 2 aliphatic rings. The Morgan fingerprint density at radius 1 is 0.597 bits per heavy atom. The number of carbonyl (C=O) groups is 2. The van der Waals surface area contributed by atoms with E-state index in [4.69, 9.17) is 10.2 Å². The second kappa shape index (κ2) is 23.7. The minimum atomic E-state index is -3.53. The molecular formula is C46H66N6O8S2. The Morgan fingerprint density at radius 3 is 1.29 bits per heavy atom. The molecule has 16 heteroatoms. The van der Waals surface area contributed by atoms with Crippen LogP contribution in [0.25, 0.3) is 21.5 Å². The zero-order valence-electron chi connectivity index (χ0n) is 37.1. The van der Waals surface area contributed by atoms with Crippen LogP contribution in [0.5, 0.6) is 0 Å². The highest BCUT2D eigenvalue weighted by Crippen LogP contribution is 2.31. The third-order valence-corrected chi connectivity index (χ3v) is 14.4. The van der Waals surface area contributed by atoms with Gasteiger partial charge in [0.05, 0.1) is 9.79 Å². The van der Waals surface area contributed by atoms with E-state index in [0.717, 1.165) is 71.9 Å². The molecule has 0 bridgehead atoms. The number of hydrogen-bond acceptors (Lipinski definition) is 10. The highest BCUT2D eigenvalue weighted by Gasteiger charge is 2.22. The summed E-state index contributed by atoms with van der Waals surface area (Å²) in [5, 5.41) is 19.1. The number of piperidine rings is 2. The first-order valence-electron chi connectivity index (χ1n) is 21.4. The summed E-state index contributed by atoms with van der Waals surface area (Å²) in [7, 11) is 0.806. The second-order valence-corrected chi connectivity index (χ2v) is 19.8. The maximum Gasteiger partial charge on any atom is 0.328 e. The number of likely N-dealkylation sites (tertiary alicyclic amines) is 2. The van der Waals surface area contributed by atoms with E-state index in [2.05, 4.69) is 33.1 Å². The lowest BCUT2D eigenvalue weighted by atomic mass is 10.0. The van der Waals surface area contributed by atoms with Crippen LogP contribution in [0.15, 0.2) is 94.7 Å². The molecule has 0 amide bonds. The first-order chi connectivity index (χ1) is 29.4. The molecule has 0 saturated carbocycles. The van der Waals surface area contributed by atoms with Crippen LogP contribution in [0, 0.1) is 0 Å². The molecule has 62 heavy (non-hydrogen) atoms. The summed E-state index contributed by atoms with van der Waals surface area (Å²) >= 11 is 0. The summed E-state index contributed by atoms with van der Waals surface area (Å²) in [6.45, 7) is 9.62. The fraction of sp³-hybridized carbons (Fsp3) is 0.478. The topological polar surface area (TPSA) is 180 Å². The Kier molecular flexibility index (Phi) is 19.2. The summed E-state index contributed by atoms with van der Waals surface area (Å²) in [4.78, 5) is 28.8. The van der Waals surface area contributed by atoms with E-state index in [9.17, 15) is 26.4 Å². The first-order valence-corrected chi connectivity index (χ1v) is 24.4. The van der Waals surface area contributed by atoms with Crippen molar-refractivity contribution in [2.75, 3.05) is 77.3 Å². The highest BCUT2D eigenvalue weighted by atomic mass is 32.2. The highest BCUT2D eigenvalue weighted by molar-refractivity contribution is 7.90. The van der Waals surface area contributed by atoms with Crippen molar-refractivity contribution in [1.29, 1.82) is 0 Å². The molecule has 0 aromatic heterocycles. The van der Waals surface area contributed by atoms with Crippen molar-refractivity contribution in [3.63, 3.8) is 0 Å². The smallest absolute Gasteiger partial charge is 0.328 e. The lowest BCUT2D eigenvalue weighted by Crippen LogP contribution is -2.39. The molecule has 4 aromatic rings. The maximum absolute atomic E-state index is 12.9. The molecule has 2 aliphatic heterocycles. The van der Waals surface area contributed by atoms with Crippen LogP contribution in [-0.2, 0) is 29.6 Å². The van der Waals surface area contributed by atoms with Crippen molar-refractivity contribution < 1.29 is 36.6 Å². The van der Waals surface area contributed by atoms with Gasteiger partial charge in [0.2, 0.25) is 20.0 Å². The number of fused-ring (bicyclic) bond motifs is 2. The second-order valence-electron chi connectivity index (χ2n) is 16.3. The number of carboxylic acid groups (broad SMARTS) is 2. The number of nitrogens with one attached hydrogen (secondary N) is 2. The summed E-state index contributed by atoms with van der Waals surface area (Å²) in [5.74, 6) is -2.51. The predicted octanol–water partition coefficient (Wildman–Crippen LogP) is 6.61. The minimum Gasteiger partial charge on any atom is -0.478 e. The van der Waals surface area contributed by atoms with Crippen molar-refractivity contribution in [2.24, 2.45) is 0 Å². The summed E-state index contributed by atoms with van der Waals surface area (Å²) in [6.07, 6.45) is 10.4. The van der Waals surface area contributed by atoms with Crippen LogP contribution in [0.4, 0.5) is 11.4 Å². The van der Waals surface area contributed by atoms with E-state index >= 15 is 0 Å². The third-order valence-electron chi connectivity index (χ3n) is 11.3. The molecule has 2 atom stereocenters. The van der Waals surface area contributed by atoms with E-state index in [1.165, 1.54) is 38.5 Å². The van der Waals surface area contributed by atoms with Gasteiger partial charge in [-0.05, 0) is 103 Å². The molecule has 4 aromatic carbocycles. The Balaban J connectivity index is 0.000000232. The number of sulfonamides is 2. The zero-order valence-corrected chi connectivity index (χ0v) is 38.7. The molecule has 2 heterocycles. The summed E-state index contributed by atoms with van der Waals surface area (Å²) < 4.78 is 57.2. The van der Waals surface area contributed by atoms with Gasteiger partial charge in [-0.2, -0.15) is 0 Å².